The summed E-state index contributed by atoms with van der Waals surface area (Å²) in [6.07, 6.45) is 2.16. The molecule has 1 aromatic carbocycles. The predicted octanol–water partition coefficient (Wildman–Crippen LogP) is 4.99. The van der Waals surface area contributed by atoms with Crippen LogP contribution >= 0.6 is 51.2 Å². The zero-order valence-corrected chi connectivity index (χ0v) is 20.0. The molecule has 1 fully saturated rings. The predicted molar refractivity (Wildman–Crippen MR) is 127 cm³/mol. The normalized spacial score (nSPS) is 15.4. The van der Waals surface area contributed by atoms with Crippen LogP contribution in [0.1, 0.15) is 25.3 Å². The zero-order chi connectivity index (χ0) is 18.4. The van der Waals surface area contributed by atoms with Crippen molar-refractivity contribution < 1.29 is 4.39 Å². The van der Waals surface area contributed by atoms with Gasteiger partial charge < -0.3 is 15.5 Å². The van der Waals surface area contributed by atoms with Gasteiger partial charge in [-0.3, -0.25) is 0 Å². The quantitative estimate of drug-likeness (QED) is 0.304. The maximum Gasteiger partial charge on any atom is 0.191 e. The first-order valence-corrected chi connectivity index (χ1v) is 10.6. The lowest BCUT2D eigenvalue weighted by Gasteiger charge is -2.33. The maximum atomic E-state index is 13.6. The highest BCUT2D eigenvalue weighted by molar-refractivity contribution is 14.0. The lowest BCUT2D eigenvalue weighted by Crippen LogP contribution is -2.48. The van der Waals surface area contributed by atoms with Crippen molar-refractivity contribution in [1.29, 1.82) is 0 Å². The standard InChI is InChI=1S/C19H24BrFN4S.HI/c1-2-22-19(23-13-14-5-6-16(20)17(21)12-14)24-15-7-9-25(10-8-15)18-4-3-11-26-18;/h3-6,11-12,15H,2,7-10,13H2,1H3,(H2,22,23,24);1H. The van der Waals surface area contributed by atoms with Crippen LogP contribution in [0.25, 0.3) is 0 Å². The van der Waals surface area contributed by atoms with E-state index in [1.807, 2.05) is 6.07 Å². The summed E-state index contributed by atoms with van der Waals surface area (Å²) >= 11 is 4.98. The van der Waals surface area contributed by atoms with Crippen molar-refractivity contribution >= 4 is 62.2 Å². The third-order valence-electron chi connectivity index (χ3n) is 4.40. The van der Waals surface area contributed by atoms with Gasteiger partial charge in [-0.2, -0.15) is 0 Å². The Kier molecular flexibility index (Phi) is 9.31. The van der Waals surface area contributed by atoms with Gasteiger partial charge in [0, 0.05) is 25.7 Å². The van der Waals surface area contributed by atoms with E-state index in [1.165, 1.54) is 11.1 Å². The molecule has 0 unspecified atom stereocenters. The fourth-order valence-corrected chi connectivity index (χ4v) is 4.05. The van der Waals surface area contributed by atoms with Gasteiger partial charge in [0.15, 0.2) is 5.96 Å². The molecular formula is C19H25BrFIN4S. The molecule has 0 aliphatic carbocycles. The number of nitrogens with one attached hydrogen (secondary N) is 2. The first-order valence-electron chi connectivity index (χ1n) is 8.93. The van der Waals surface area contributed by atoms with Crippen LogP contribution < -0.4 is 15.5 Å². The molecule has 2 heterocycles. The molecule has 1 aliphatic heterocycles. The molecule has 1 saturated heterocycles. The number of benzene rings is 1. The van der Waals surface area contributed by atoms with Crippen LogP contribution in [0.2, 0.25) is 0 Å². The Morgan fingerprint density at radius 2 is 2.11 bits per heavy atom. The fourth-order valence-electron chi connectivity index (χ4n) is 3.02. The molecule has 148 valence electrons. The average Bonchev–Trinajstić information content (AvgIpc) is 3.18. The number of halogens is 3. The minimum atomic E-state index is -0.253. The Morgan fingerprint density at radius 1 is 1.33 bits per heavy atom. The maximum absolute atomic E-state index is 13.6. The SMILES string of the molecule is CCNC(=NCc1ccc(Br)c(F)c1)NC1CCN(c2cccs2)CC1.I. The van der Waals surface area contributed by atoms with Crippen LogP contribution in [0.4, 0.5) is 9.39 Å². The molecule has 0 atom stereocenters. The van der Waals surface area contributed by atoms with Crippen molar-refractivity contribution in [2.75, 3.05) is 24.5 Å². The number of nitrogens with zero attached hydrogens (tertiary/aromatic N) is 2. The second kappa shape index (κ2) is 11.2. The number of rotatable bonds is 5. The van der Waals surface area contributed by atoms with Crippen LogP contribution in [-0.2, 0) is 6.54 Å². The summed E-state index contributed by atoms with van der Waals surface area (Å²) in [6.45, 7) is 5.41. The lowest BCUT2D eigenvalue weighted by molar-refractivity contribution is 0.463. The van der Waals surface area contributed by atoms with Gasteiger partial charge in [0.25, 0.3) is 0 Å². The van der Waals surface area contributed by atoms with E-state index in [1.54, 1.807) is 17.4 Å². The molecular weight excluding hydrogens is 542 g/mol. The molecule has 0 spiro atoms. The summed E-state index contributed by atoms with van der Waals surface area (Å²) < 4.78 is 14.1. The molecule has 1 aromatic heterocycles. The van der Waals surface area contributed by atoms with Gasteiger partial charge in [0.05, 0.1) is 16.0 Å². The molecule has 2 aromatic rings. The largest absolute Gasteiger partial charge is 0.363 e. The van der Waals surface area contributed by atoms with Gasteiger partial charge in [-0.1, -0.05) is 6.07 Å². The van der Waals surface area contributed by atoms with Crippen molar-refractivity contribution in [2.24, 2.45) is 4.99 Å². The summed E-state index contributed by atoms with van der Waals surface area (Å²) in [4.78, 5) is 7.06. The molecule has 0 amide bonds. The van der Waals surface area contributed by atoms with Crippen molar-refractivity contribution in [3.63, 3.8) is 0 Å². The Hall–Kier alpha value is -0.870. The smallest absolute Gasteiger partial charge is 0.191 e. The van der Waals surface area contributed by atoms with E-state index in [0.717, 1.165) is 44.0 Å². The lowest BCUT2D eigenvalue weighted by atomic mass is 10.1. The second-order valence-electron chi connectivity index (χ2n) is 6.30. The van der Waals surface area contributed by atoms with Crippen molar-refractivity contribution in [3.8, 4) is 0 Å². The van der Waals surface area contributed by atoms with E-state index in [9.17, 15) is 4.39 Å². The monoisotopic (exact) mass is 566 g/mol. The van der Waals surface area contributed by atoms with E-state index >= 15 is 0 Å². The van der Waals surface area contributed by atoms with E-state index in [2.05, 4.69) is 60.9 Å². The molecule has 8 heteroatoms. The van der Waals surface area contributed by atoms with Crippen molar-refractivity contribution in [3.05, 3.63) is 51.6 Å². The van der Waals surface area contributed by atoms with Crippen LogP contribution in [0.5, 0.6) is 0 Å². The zero-order valence-electron chi connectivity index (χ0n) is 15.3. The molecule has 1 aliphatic rings. The first kappa shape index (κ1) is 22.4. The number of guanidine groups is 1. The van der Waals surface area contributed by atoms with Crippen LogP contribution in [-0.4, -0.2) is 31.6 Å². The highest BCUT2D eigenvalue weighted by Gasteiger charge is 2.20. The number of hydrogen-bond acceptors (Lipinski definition) is 3. The molecule has 2 N–H and O–H groups in total. The second-order valence-corrected chi connectivity index (χ2v) is 8.08. The van der Waals surface area contributed by atoms with Gasteiger partial charge in [-0.05, 0) is 70.9 Å². The molecule has 0 radical (unpaired) electrons. The Balaban J connectivity index is 0.00000261. The van der Waals surface area contributed by atoms with Gasteiger partial charge in [-0.25, -0.2) is 9.38 Å². The van der Waals surface area contributed by atoms with Gasteiger partial charge in [0.2, 0.25) is 0 Å². The van der Waals surface area contributed by atoms with Crippen LogP contribution in [0, 0.1) is 5.82 Å². The number of hydrogen-bond donors (Lipinski definition) is 2. The number of aliphatic imine (C=N–C) groups is 1. The number of piperidine rings is 1. The van der Waals surface area contributed by atoms with E-state index in [4.69, 9.17) is 0 Å². The van der Waals surface area contributed by atoms with Crippen molar-refractivity contribution in [2.45, 2.75) is 32.4 Å². The fraction of sp³-hybridized carbons (Fsp3) is 0.421. The van der Waals surface area contributed by atoms with Crippen LogP contribution in [0.15, 0.2) is 45.2 Å². The van der Waals surface area contributed by atoms with E-state index in [-0.39, 0.29) is 29.8 Å². The van der Waals surface area contributed by atoms with Gasteiger partial charge in [-0.15, -0.1) is 35.3 Å². The minimum Gasteiger partial charge on any atom is -0.363 e. The topological polar surface area (TPSA) is 39.7 Å². The Morgan fingerprint density at radius 3 is 2.74 bits per heavy atom. The average molecular weight is 567 g/mol. The van der Waals surface area contributed by atoms with E-state index in [0.29, 0.717) is 17.1 Å². The van der Waals surface area contributed by atoms with Gasteiger partial charge in [0.1, 0.15) is 5.82 Å². The third kappa shape index (κ3) is 6.60. The number of thiophene rings is 1. The Labute approximate surface area is 189 Å². The molecule has 0 saturated carbocycles. The minimum absolute atomic E-state index is 0. The first-order chi connectivity index (χ1) is 12.7. The Bertz CT molecular complexity index is 733. The van der Waals surface area contributed by atoms with Gasteiger partial charge >= 0.3 is 0 Å². The summed E-state index contributed by atoms with van der Waals surface area (Å²) in [5.74, 6) is 0.544. The summed E-state index contributed by atoms with van der Waals surface area (Å²) in [5, 5.41) is 10.3. The highest BCUT2D eigenvalue weighted by Crippen LogP contribution is 2.24. The molecule has 3 rings (SSSR count). The summed E-state index contributed by atoms with van der Waals surface area (Å²) in [7, 11) is 0. The van der Waals surface area contributed by atoms with Crippen molar-refractivity contribution in [1.82, 2.24) is 10.6 Å². The summed E-state index contributed by atoms with van der Waals surface area (Å²) in [6, 6.07) is 9.83. The van der Waals surface area contributed by atoms with Crippen LogP contribution in [0.3, 0.4) is 0 Å². The molecule has 27 heavy (non-hydrogen) atoms. The van der Waals surface area contributed by atoms with E-state index < -0.39 is 0 Å². The molecule has 4 nitrogen and oxygen atoms in total. The molecule has 0 bridgehead atoms. The number of anilines is 1. The third-order valence-corrected chi connectivity index (χ3v) is 5.97. The highest BCUT2D eigenvalue weighted by atomic mass is 127. The summed E-state index contributed by atoms with van der Waals surface area (Å²) in [5.41, 5.74) is 0.857.